The number of rotatable bonds is 9. The van der Waals surface area contributed by atoms with Crippen LogP contribution in [0.15, 0.2) is 0 Å². The maximum Gasteiger partial charge on any atom is -0.00209 e. The predicted octanol–water partition coefficient (Wildman–Crippen LogP) is 4.33. The summed E-state index contributed by atoms with van der Waals surface area (Å²) in [6.45, 7) is 13.0. The summed E-state index contributed by atoms with van der Waals surface area (Å²) in [4.78, 5) is 0. The summed E-state index contributed by atoms with van der Waals surface area (Å²) in [6.07, 6.45) is 5.41. The monoisotopic (exact) mass is 227 g/mol. The first-order valence-electron chi connectivity index (χ1n) is 7.19. The second-order valence-electron chi connectivity index (χ2n) is 5.79. The molecule has 0 saturated carbocycles. The van der Waals surface area contributed by atoms with Crippen molar-refractivity contribution in [3.63, 3.8) is 0 Å². The first kappa shape index (κ1) is 16.0. The summed E-state index contributed by atoms with van der Waals surface area (Å²) >= 11 is 0. The summed E-state index contributed by atoms with van der Waals surface area (Å²) in [5.41, 5.74) is 0. The normalized spacial score (nSPS) is 19.1. The lowest BCUT2D eigenvalue weighted by atomic mass is 9.80. The lowest BCUT2D eigenvalue weighted by Crippen LogP contribution is -2.27. The molecule has 0 aliphatic rings. The summed E-state index contributed by atoms with van der Waals surface area (Å²) in [7, 11) is 2.08. The third-order valence-electron chi connectivity index (χ3n) is 4.14. The molecule has 4 atom stereocenters. The molecule has 1 N–H and O–H groups in total. The maximum atomic E-state index is 3.37. The van der Waals surface area contributed by atoms with E-state index in [0.717, 1.165) is 23.7 Å². The van der Waals surface area contributed by atoms with Gasteiger partial charge in [-0.25, -0.2) is 0 Å². The standard InChI is InChI=1S/C15H33N/c1-7-12(3)9-14(5)15(11-16-6)10-13(4)8-2/h12-16H,7-11H2,1-6H3/t12-,13?,14?,15+/m1/s1. The number of nitrogens with one attached hydrogen (secondary N) is 1. The molecule has 0 fully saturated rings. The molecular weight excluding hydrogens is 194 g/mol. The first-order valence-corrected chi connectivity index (χ1v) is 7.19. The van der Waals surface area contributed by atoms with Crippen molar-refractivity contribution in [2.75, 3.05) is 13.6 Å². The highest BCUT2D eigenvalue weighted by Gasteiger charge is 2.20. The van der Waals surface area contributed by atoms with E-state index in [2.05, 4.69) is 47.0 Å². The SMILES string of the molecule is CCC(C)C[C@@H](CNC)C(C)C[C@H](C)CC. The van der Waals surface area contributed by atoms with Gasteiger partial charge in [0.25, 0.3) is 0 Å². The summed E-state index contributed by atoms with van der Waals surface area (Å²) in [5, 5.41) is 3.37. The Labute approximate surface area is 103 Å². The van der Waals surface area contributed by atoms with Crippen LogP contribution in [-0.4, -0.2) is 13.6 Å². The maximum absolute atomic E-state index is 3.37. The van der Waals surface area contributed by atoms with E-state index in [9.17, 15) is 0 Å². The second-order valence-corrected chi connectivity index (χ2v) is 5.79. The molecule has 1 heteroatoms. The summed E-state index contributed by atoms with van der Waals surface area (Å²) in [5.74, 6) is 3.47. The van der Waals surface area contributed by atoms with Gasteiger partial charge < -0.3 is 5.32 Å². The van der Waals surface area contributed by atoms with Crippen LogP contribution in [0.25, 0.3) is 0 Å². The average Bonchev–Trinajstić information content (AvgIpc) is 2.27. The van der Waals surface area contributed by atoms with E-state index in [1.165, 1.54) is 32.2 Å². The smallest absolute Gasteiger partial charge is 0.00209 e. The molecule has 0 saturated heterocycles. The van der Waals surface area contributed by atoms with Gasteiger partial charge in [-0.3, -0.25) is 0 Å². The van der Waals surface area contributed by atoms with E-state index in [0.29, 0.717) is 0 Å². The van der Waals surface area contributed by atoms with Gasteiger partial charge in [-0.2, -0.15) is 0 Å². The Morgan fingerprint density at radius 1 is 0.875 bits per heavy atom. The van der Waals surface area contributed by atoms with Gasteiger partial charge in [-0.05, 0) is 50.1 Å². The first-order chi connectivity index (χ1) is 7.54. The van der Waals surface area contributed by atoms with Gasteiger partial charge in [0.05, 0.1) is 0 Å². The van der Waals surface area contributed by atoms with Crippen LogP contribution in [0.3, 0.4) is 0 Å². The third kappa shape index (κ3) is 6.52. The van der Waals surface area contributed by atoms with Crippen molar-refractivity contribution in [2.24, 2.45) is 23.7 Å². The topological polar surface area (TPSA) is 12.0 Å². The van der Waals surface area contributed by atoms with Gasteiger partial charge in [0.2, 0.25) is 0 Å². The minimum Gasteiger partial charge on any atom is -0.319 e. The summed E-state index contributed by atoms with van der Waals surface area (Å²) < 4.78 is 0. The van der Waals surface area contributed by atoms with E-state index >= 15 is 0 Å². The molecular formula is C15H33N. The minimum atomic E-state index is 0.856. The minimum absolute atomic E-state index is 0.856. The van der Waals surface area contributed by atoms with Crippen molar-refractivity contribution >= 4 is 0 Å². The van der Waals surface area contributed by atoms with Crippen LogP contribution in [-0.2, 0) is 0 Å². The molecule has 0 bridgehead atoms. The second kappa shape index (κ2) is 9.04. The highest BCUT2D eigenvalue weighted by atomic mass is 14.8. The van der Waals surface area contributed by atoms with Crippen LogP contribution in [0.5, 0.6) is 0 Å². The molecule has 0 rings (SSSR count). The molecule has 98 valence electrons. The van der Waals surface area contributed by atoms with E-state index in [1.54, 1.807) is 0 Å². The van der Waals surface area contributed by atoms with Gasteiger partial charge in [0, 0.05) is 0 Å². The molecule has 16 heavy (non-hydrogen) atoms. The van der Waals surface area contributed by atoms with Crippen LogP contribution < -0.4 is 5.32 Å². The Bertz CT molecular complexity index is 156. The van der Waals surface area contributed by atoms with Crippen molar-refractivity contribution in [1.82, 2.24) is 5.32 Å². The zero-order valence-corrected chi connectivity index (χ0v) is 12.3. The van der Waals surface area contributed by atoms with Gasteiger partial charge in [-0.1, -0.05) is 47.5 Å². The highest BCUT2D eigenvalue weighted by molar-refractivity contribution is 4.72. The molecule has 0 spiro atoms. The Kier molecular flexibility index (Phi) is 9.02. The molecule has 2 unspecified atom stereocenters. The van der Waals surface area contributed by atoms with Crippen molar-refractivity contribution < 1.29 is 0 Å². The van der Waals surface area contributed by atoms with E-state index in [1.807, 2.05) is 0 Å². The van der Waals surface area contributed by atoms with Crippen LogP contribution >= 0.6 is 0 Å². The molecule has 0 aliphatic heterocycles. The van der Waals surface area contributed by atoms with Crippen molar-refractivity contribution in [3.8, 4) is 0 Å². The summed E-state index contributed by atoms with van der Waals surface area (Å²) in [6, 6.07) is 0. The molecule has 0 aromatic carbocycles. The third-order valence-corrected chi connectivity index (χ3v) is 4.14. The zero-order chi connectivity index (χ0) is 12.6. The Balaban J connectivity index is 4.16. The molecule has 0 heterocycles. The average molecular weight is 227 g/mol. The molecule has 0 aromatic rings. The van der Waals surface area contributed by atoms with Crippen molar-refractivity contribution in [1.29, 1.82) is 0 Å². The molecule has 0 amide bonds. The van der Waals surface area contributed by atoms with Gasteiger partial charge in [0.15, 0.2) is 0 Å². The van der Waals surface area contributed by atoms with Crippen LogP contribution in [0.2, 0.25) is 0 Å². The molecule has 1 nitrogen and oxygen atoms in total. The number of hydrogen-bond donors (Lipinski definition) is 1. The lowest BCUT2D eigenvalue weighted by Gasteiger charge is -2.28. The van der Waals surface area contributed by atoms with Gasteiger partial charge in [-0.15, -0.1) is 0 Å². The van der Waals surface area contributed by atoms with Crippen LogP contribution in [0, 0.1) is 23.7 Å². The largest absolute Gasteiger partial charge is 0.319 e. The predicted molar refractivity (Wildman–Crippen MR) is 74.7 cm³/mol. The lowest BCUT2D eigenvalue weighted by molar-refractivity contribution is 0.243. The zero-order valence-electron chi connectivity index (χ0n) is 12.3. The molecule has 0 aliphatic carbocycles. The number of hydrogen-bond acceptors (Lipinski definition) is 1. The fraction of sp³-hybridized carbons (Fsp3) is 1.00. The van der Waals surface area contributed by atoms with Crippen LogP contribution in [0.4, 0.5) is 0 Å². The van der Waals surface area contributed by atoms with Crippen LogP contribution in [0.1, 0.15) is 60.3 Å². The Morgan fingerprint density at radius 3 is 1.81 bits per heavy atom. The van der Waals surface area contributed by atoms with Gasteiger partial charge >= 0.3 is 0 Å². The van der Waals surface area contributed by atoms with E-state index in [4.69, 9.17) is 0 Å². The highest BCUT2D eigenvalue weighted by Crippen LogP contribution is 2.27. The Morgan fingerprint density at radius 2 is 1.38 bits per heavy atom. The fourth-order valence-electron chi connectivity index (χ4n) is 2.46. The quantitative estimate of drug-likeness (QED) is 0.618. The Hall–Kier alpha value is -0.0400. The van der Waals surface area contributed by atoms with Gasteiger partial charge in [0.1, 0.15) is 0 Å². The fourth-order valence-corrected chi connectivity index (χ4v) is 2.46. The van der Waals surface area contributed by atoms with E-state index < -0.39 is 0 Å². The molecule has 0 radical (unpaired) electrons. The van der Waals surface area contributed by atoms with Crippen molar-refractivity contribution in [3.05, 3.63) is 0 Å². The molecule has 0 aromatic heterocycles. The van der Waals surface area contributed by atoms with Crippen molar-refractivity contribution in [2.45, 2.75) is 60.3 Å². The van der Waals surface area contributed by atoms with E-state index in [-0.39, 0.29) is 0 Å².